The van der Waals surface area contributed by atoms with Crippen LogP contribution in [0.5, 0.6) is 5.75 Å². The van der Waals surface area contributed by atoms with Crippen LogP contribution in [0.4, 0.5) is 0 Å². The molecule has 0 aliphatic carbocycles. The Balaban J connectivity index is 1.82. The molecule has 0 aliphatic rings. The molecule has 0 heterocycles. The van der Waals surface area contributed by atoms with E-state index in [9.17, 15) is 5.11 Å². The molecule has 2 aromatic rings. The highest BCUT2D eigenvalue weighted by atomic mass is 32.1. The van der Waals surface area contributed by atoms with Crippen LogP contribution in [-0.4, -0.2) is 16.8 Å². The minimum Gasteiger partial charge on any atom is -0.508 e. The Morgan fingerprint density at radius 3 is 2.57 bits per heavy atom. The lowest BCUT2D eigenvalue weighted by Gasteiger charge is -2.18. The van der Waals surface area contributed by atoms with Gasteiger partial charge in [0.05, 0.1) is 6.04 Å². The number of para-hydroxylation sites is 1. The van der Waals surface area contributed by atoms with Gasteiger partial charge in [0.2, 0.25) is 0 Å². The summed E-state index contributed by atoms with van der Waals surface area (Å²) in [5, 5.41) is 16.9. The highest BCUT2D eigenvalue weighted by Crippen LogP contribution is 2.17. The molecule has 2 aromatic carbocycles. The van der Waals surface area contributed by atoms with E-state index in [2.05, 4.69) is 49.6 Å². The monoisotopic (exact) mass is 328 g/mol. The quantitative estimate of drug-likeness (QED) is 0.731. The van der Waals surface area contributed by atoms with Gasteiger partial charge in [-0.15, -0.1) is 0 Å². The van der Waals surface area contributed by atoms with E-state index in [0.717, 1.165) is 12.0 Å². The second kappa shape index (κ2) is 7.97. The molecule has 3 N–H and O–H groups in total. The maximum Gasteiger partial charge on any atom is 0.166 e. The maximum atomic E-state index is 9.74. The van der Waals surface area contributed by atoms with Crippen molar-refractivity contribution in [2.24, 2.45) is 0 Å². The molecular formula is C19H24N2OS. The van der Waals surface area contributed by atoms with Crippen molar-refractivity contribution in [2.45, 2.75) is 33.2 Å². The largest absolute Gasteiger partial charge is 0.508 e. The summed E-state index contributed by atoms with van der Waals surface area (Å²) in [7, 11) is 0. The number of thiocarbonyl (C=S) groups is 1. The molecule has 1 atom stereocenters. The molecule has 0 unspecified atom stereocenters. The van der Waals surface area contributed by atoms with Crippen molar-refractivity contribution in [2.75, 3.05) is 6.54 Å². The van der Waals surface area contributed by atoms with Gasteiger partial charge < -0.3 is 15.7 Å². The number of phenolic OH excluding ortho intramolecular Hbond substituents is 1. The summed E-state index contributed by atoms with van der Waals surface area (Å²) in [4.78, 5) is 0. The molecule has 122 valence electrons. The molecular weight excluding hydrogens is 304 g/mol. The summed E-state index contributed by atoms with van der Waals surface area (Å²) in [6.45, 7) is 7.01. The van der Waals surface area contributed by atoms with Crippen molar-refractivity contribution < 1.29 is 5.11 Å². The van der Waals surface area contributed by atoms with Crippen molar-refractivity contribution in [3.05, 3.63) is 64.7 Å². The second-order valence-electron chi connectivity index (χ2n) is 5.84. The van der Waals surface area contributed by atoms with Crippen LogP contribution in [-0.2, 0) is 6.42 Å². The average Bonchev–Trinajstić information content (AvgIpc) is 2.51. The van der Waals surface area contributed by atoms with E-state index in [4.69, 9.17) is 12.2 Å². The van der Waals surface area contributed by atoms with Gasteiger partial charge in [-0.05, 0) is 67.7 Å². The fourth-order valence-electron chi connectivity index (χ4n) is 2.40. The van der Waals surface area contributed by atoms with E-state index in [1.165, 1.54) is 16.7 Å². The van der Waals surface area contributed by atoms with E-state index < -0.39 is 0 Å². The smallest absolute Gasteiger partial charge is 0.166 e. The minimum atomic E-state index is 0.152. The van der Waals surface area contributed by atoms with E-state index in [0.29, 0.717) is 17.4 Å². The Kier molecular flexibility index (Phi) is 5.99. The third-order valence-corrected chi connectivity index (χ3v) is 4.31. The number of nitrogens with one attached hydrogen (secondary N) is 2. The molecule has 0 fully saturated rings. The Morgan fingerprint density at radius 1 is 1.13 bits per heavy atom. The molecule has 0 bridgehead atoms. The van der Waals surface area contributed by atoms with Crippen molar-refractivity contribution in [3.63, 3.8) is 0 Å². The van der Waals surface area contributed by atoms with Gasteiger partial charge in [0, 0.05) is 6.54 Å². The first kappa shape index (κ1) is 17.3. The standard InChI is InChI=1S/C19H24N2OS/c1-13-8-9-17(12-14(13)2)15(3)21-19(23)20-11-10-16-6-4-5-7-18(16)22/h4-9,12,15,22H,10-11H2,1-3H3,(H2,20,21,23)/t15-/m1/s1. The maximum absolute atomic E-state index is 9.74. The Bertz CT molecular complexity index is 685. The molecule has 4 heteroatoms. The molecule has 0 radical (unpaired) electrons. The lowest BCUT2D eigenvalue weighted by atomic mass is 10.0. The Hall–Kier alpha value is -2.07. The van der Waals surface area contributed by atoms with Crippen LogP contribution in [0.3, 0.4) is 0 Å². The number of phenols is 1. The number of hydrogen-bond donors (Lipinski definition) is 3. The number of rotatable bonds is 5. The minimum absolute atomic E-state index is 0.152. The average molecular weight is 328 g/mol. The highest BCUT2D eigenvalue weighted by molar-refractivity contribution is 7.80. The first-order valence-corrected chi connectivity index (χ1v) is 8.26. The van der Waals surface area contributed by atoms with E-state index in [-0.39, 0.29) is 6.04 Å². The zero-order valence-electron chi connectivity index (χ0n) is 13.9. The van der Waals surface area contributed by atoms with Gasteiger partial charge in [0.15, 0.2) is 5.11 Å². The molecule has 3 nitrogen and oxygen atoms in total. The Morgan fingerprint density at radius 2 is 1.87 bits per heavy atom. The van der Waals surface area contributed by atoms with Crippen LogP contribution in [0.15, 0.2) is 42.5 Å². The second-order valence-corrected chi connectivity index (χ2v) is 6.25. The first-order valence-electron chi connectivity index (χ1n) is 7.85. The molecule has 2 rings (SSSR count). The topological polar surface area (TPSA) is 44.3 Å². The number of aryl methyl sites for hydroxylation is 2. The SMILES string of the molecule is Cc1ccc([C@@H](C)NC(=S)NCCc2ccccc2O)cc1C. The van der Waals surface area contributed by atoms with Gasteiger partial charge in [0.25, 0.3) is 0 Å². The predicted molar refractivity (Wildman–Crippen MR) is 99.9 cm³/mol. The summed E-state index contributed by atoms with van der Waals surface area (Å²) in [6.07, 6.45) is 0.729. The van der Waals surface area contributed by atoms with Gasteiger partial charge in [0.1, 0.15) is 5.75 Å². The van der Waals surface area contributed by atoms with E-state index in [1.807, 2.05) is 18.2 Å². The van der Waals surface area contributed by atoms with E-state index >= 15 is 0 Å². The summed E-state index contributed by atoms with van der Waals surface area (Å²) in [5.74, 6) is 0.330. The molecule has 0 saturated carbocycles. The van der Waals surface area contributed by atoms with Crippen LogP contribution in [0.25, 0.3) is 0 Å². The van der Waals surface area contributed by atoms with Crippen LogP contribution in [0.1, 0.15) is 35.2 Å². The fraction of sp³-hybridized carbons (Fsp3) is 0.316. The lowest BCUT2D eigenvalue weighted by molar-refractivity contribution is 0.467. The number of hydrogen-bond acceptors (Lipinski definition) is 2. The van der Waals surface area contributed by atoms with Gasteiger partial charge in [-0.1, -0.05) is 36.4 Å². The zero-order valence-corrected chi connectivity index (χ0v) is 14.7. The van der Waals surface area contributed by atoms with Gasteiger partial charge in [-0.3, -0.25) is 0 Å². The summed E-state index contributed by atoms with van der Waals surface area (Å²) in [6, 6.07) is 14.0. The molecule has 0 saturated heterocycles. The van der Waals surface area contributed by atoms with Crippen LogP contribution >= 0.6 is 12.2 Å². The van der Waals surface area contributed by atoms with Crippen molar-refractivity contribution >= 4 is 17.3 Å². The third kappa shape index (κ3) is 4.96. The van der Waals surface area contributed by atoms with Crippen molar-refractivity contribution in [1.82, 2.24) is 10.6 Å². The van der Waals surface area contributed by atoms with Crippen LogP contribution < -0.4 is 10.6 Å². The predicted octanol–water partition coefficient (Wildman–Crippen LogP) is 3.78. The molecule has 0 aliphatic heterocycles. The van der Waals surface area contributed by atoms with Crippen LogP contribution in [0.2, 0.25) is 0 Å². The zero-order chi connectivity index (χ0) is 16.8. The van der Waals surface area contributed by atoms with Gasteiger partial charge in [-0.2, -0.15) is 0 Å². The summed E-state index contributed by atoms with van der Waals surface area (Å²) in [5.41, 5.74) is 4.72. The van der Waals surface area contributed by atoms with E-state index in [1.54, 1.807) is 6.07 Å². The lowest BCUT2D eigenvalue weighted by Crippen LogP contribution is -2.37. The first-order chi connectivity index (χ1) is 11.0. The molecule has 0 spiro atoms. The number of aromatic hydroxyl groups is 1. The molecule has 23 heavy (non-hydrogen) atoms. The van der Waals surface area contributed by atoms with Gasteiger partial charge >= 0.3 is 0 Å². The van der Waals surface area contributed by atoms with Crippen molar-refractivity contribution in [3.8, 4) is 5.75 Å². The number of benzene rings is 2. The summed E-state index contributed by atoms with van der Waals surface area (Å²) < 4.78 is 0. The fourth-order valence-corrected chi connectivity index (χ4v) is 2.68. The van der Waals surface area contributed by atoms with Gasteiger partial charge in [-0.25, -0.2) is 0 Å². The molecule has 0 aromatic heterocycles. The van der Waals surface area contributed by atoms with Crippen LogP contribution in [0, 0.1) is 13.8 Å². The third-order valence-electron chi connectivity index (χ3n) is 4.05. The normalized spacial score (nSPS) is 11.8. The Labute approximate surface area is 143 Å². The highest BCUT2D eigenvalue weighted by Gasteiger charge is 2.08. The summed E-state index contributed by atoms with van der Waals surface area (Å²) >= 11 is 5.35. The molecule has 0 amide bonds. The van der Waals surface area contributed by atoms with Crippen molar-refractivity contribution in [1.29, 1.82) is 0 Å².